The Morgan fingerprint density at radius 2 is 1.93 bits per heavy atom. The van der Waals surface area contributed by atoms with Crippen LogP contribution in [0.3, 0.4) is 0 Å². The largest absolute Gasteiger partial charge is 0.573 e. The minimum atomic E-state index is -4.64. The molecule has 0 bridgehead atoms. The van der Waals surface area contributed by atoms with Crippen molar-refractivity contribution in [1.82, 2.24) is 0 Å². The summed E-state index contributed by atoms with van der Waals surface area (Å²) >= 11 is 6.48. The van der Waals surface area contributed by atoms with Gasteiger partial charge in [0.25, 0.3) is 0 Å². The molecule has 0 saturated heterocycles. The van der Waals surface area contributed by atoms with Gasteiger partial charge >= 0.3 is 6.36 Å². The minimum absolute atomic E-state index is 0.193. The second kappa shape index (κ2) is 5.21. The van der Waals surface area contributed by atoms with E-state index in [9.17, 15) is 13.2 Å². The van der Waals surface area contributed by atoms with Crippen LogP contribution in [0.2, 0.25) is 0 Å². The molecule has 0 radical (unpaired) electrons. The normalized spacial score (nSPS) is 11.5. The number of rotatable bonds is 3. The Bertz CT molecular complexity index is 339. The summed E-state index contributed by atoms with van der Waals surface area (Å²) in [5, 5.41) is 0.682. The summed E-state index contributed by atoms with van der Waals surface area (Å²) in [4.78, 5) is 0. The number of halogens is 5. The molecule has 1 rings (SSSR count). The average Bonchev–Trinajstić information content (AvgIpc) is 2.09. The molecule has 15 heavy (non-hydrogen) atoms. The van der Waals surface area contributed by atoms with Gasteiger partial charge in [-0.05, 0) is 30.2 Å². The molecule has 0 spiro atoms. The molecule has 0 aromatic heterocycles. The average molecular weight is 348 g/mol. The Morgan fingerprint density at radius 1 is 1.27 bits per heavy atom. The van der Waals surface area contributed by atoms with Crippen LogP contribution in [0.15, 0.2) is 22.7 Å². The number of aryl methyl sites for hydroxylation is 1. The Hall–Kier alpha value is -0.230. The summed E-state index contributed by atoms with van der Waals surface area (Å²) in [6.07, 6.45) is -4.00. The molecule has 0 amide bonds. The Morgan fingerprint density at radius 3 is 2.47 bits per heavy atom. The van der Waals surface area contributed by atoms with Gasteiger partial charge in [0.2, 0.25) is 0 Å². The standard InChI is InChI=1S/C9H7Br2F3O/c10-4-3-6-5-7(1-2-8(6)11)15-9(12,13)14/h1-2,5H,3-4H2. The van der Waals surface area contributed by atoms with Crippen molar-refractivity contribution in [2.24, 2.45) is 0 Å². The van der Waals surface area contributed by atoms with Crippen LogP contribution in [0.5, 0.6) is 5.75 Å². The highest BCUT2D eigenvalue weighted by molar-refractivity contribution is 9.10. The molecule has 0 atom stereocenters. The van der Waals surface area contributed by atoms with E-state index in [1.807, 2.05) is 0 Å². The lowest BCUT2D eigenvalue weighted by molar-refractivity contribution is -0.274. The van der Waals surface area contributed by atoms with Crippen molar-refractivity contribution in [2.75, 3.05) is 5.33 Å². The van der Waals surface area contributed by atoms with E-state index < -0.39 is 6.36 Å². The highest BCUT2D eigenvalue weighted by Gasteiger charge is 2.31. The molecule has 0 saturated carbocycles. The van der Waals surface area contributed by atoms with E-state index in [1.165, 1.54) is 12.1 Å². The third-order valence-electron chi connectivity index (χ3n) is 1.61. The molecule has 1 aromatic carbocycles. The number of hydrogen-bond acceptors (Lipinski definition) is 1. The molecule has 0 aliphatic heterocycles. The molecule has 0 heterocycles. The second-order valence-corrected chi connectivity index (χ2v) is 4.39. The SMILES string of the molecule is FC(F)(F)Oc1ccc(Br)c(CCBr)c1. The van der Waals surface area contributed by atoms with Crippen LogP contribution in [0.4, 0.5) is 13.2 Å². The maximum Gasteiger partial charge on any atom is 0.573 e. The van der Waals surface area contributed by atoms with E-state index in [0.717, 1.165) is 10.0 Å². The number of alkyl halides is 4. The maximum atomic E-state index is 11.9. The van der Waals surface area contributed by atoms with Crippen molar-refractivity contribution in [3.8, 4) is 5.75 Å². The van der Waals surface area contributed by atoms with Gasteiger partial charge in [0.15, 0.2) is 0 Å². The quantitative estimate of drug-likeness (QED) is 0.741. The molecule has 6 heteroatoms. The molecule has 0 N–H and O–H groups in total. The second-order valence-electron chi connectivity index (χ2n) is 2.74. The lowest BCUT2D eigenvalue weighted by Crippen LogP contribution is -2.17. The maximum absolute atomic E-state index is 11.9. The van der Waals surface area contributed by atoms with Crippen molar-refractivity contribution in [2.45, 2.75) is 12.8 Å². The third kappa shape index (κ3) is 4.42. The van der Waals surface area contributed by atoms with Crippen LogP contribution < -0.4 is 4.74 Å². The monoisotopic (exact) mass is 346 g/mol. The van der Waals surface area contributed by atoms with Crippen molar-refractivity contribution in [1.29, 1.82) is 0 Å². The molecule has 0 fully saturated rings. The zero-order chi connectivity index (χ0) is 11.5. The first-order valence-electron chi connectivity index (χ1n) is 4.02. The fraction of sp³-hybridized carbons (Fsp3) is 0.333. The molecule has 0 unspecified atom stereocenters. The summed E-state index contributed by atoms with van der Waals surface area (Å²) in [6.45, 7) is 0. The fourth-order valence-electron chi connectivity index (χ4n) is 1.04. The molecule has 1 aromatic rings. The summed E-state index contributed by atoms with van der Waals surface area (Å²) in [5.74, 6) is -0.193. The van der Waals surface area contributed by atoms with E-state index >= 15 is 0 Å². The van der Waals surface area contributed by atoms with Crippen LogP contribution >= 0.6 is 31.9 Å². The van der Waals surface area contributed by atoms with Crippen LogP contribution in [0, 0.1) is 0 Å². The molecular weight excluding hydrogens is 341 g/mol. The van der Waals surface area contributed by atoms with Gasteiger partial charge < -0.3 is 4.74 Å². The molecule has 84 valence electrons. The first-order valence-corrected chi connectivity index (χ1v) is 5.94. The van der Waals surface area contributed by atoms with Crippen LogP contribution in [-0.4, -0.2) is 11.7 Å². The summed E-state index contributed by atoms with van der Waals surface area (Å²) in [7, 11) is 0. The van der Waals surface area contributed by atoms with Crippen LogP contribution in [0.25, 0.3) is 0 Å². The lowest BCUT2D eigenvalue weighted by Gasteiger charge is -2.10. The molecule has 1 nitrogen and oxygen atoms in total. The predicted octanol–water partition coefficient (Wildman–Crippen LogP) is 4.29. The Labute approximate surface area is 102 Å². The van der Waals surface area contributed by atoms with Gasteiger partial charge in [-0.2, -0.15) is 0 Å². The van der Waals surface area contributed by atoms with E-state index in [0.29, 0.717) is 11.8 Å². The minimum Gasteiger partial charge on any atom is -0.406 e. The summed E-state index contributed by atoms with van der Waals surface area (Å²) in [5.41, 5.74) is 0.772. The summed E-state index contributed by atoms with van der Waals surface area (Å²) < 4.78 is 40.3. The molecule has 0 aliphatic carbocycles. The first kappa shape index (κ1) is 12.8. The van der Waals surface area contributed by atoms with E-state index in [4.69, 9.17) is 0 Å². The number of benzene rings is 1. The Kier molecular flexibility index (Phi) is 4.45. The van der Waals surface area contributed by atoms with Crippen LogP contribution in [-0.2, 0) is 6.42 Å². The predicted molar refractivity (Wildman–Crippen MR) is 58.3 cm³/mol. The van der Waals surface area contributed by atoms with Crippen LogP contribution in [0.1, 0.15) is 5.56 Å². The number of ether oxygens (including phenoxy) is 1. The molecule has 0 aliphatic rings. The van der Waals surface area contributed by atoms with Crippen molar-refractivity contribution >= 4 is 31.9 Å². The highest BCUT2D eigenvalue weighted by atomic mass is 79.9. The van der Waals surface area contributed by atoms with Gasteiger partial charge in [0, 0.05) is 9.80 Å². The van der Waals surface area contributed by atoms with Crippen molar-refractivity contribution in [3.05, 3.63) is 28.2 Å². The topological polar surface area (TPSA) is 9.23 Å². The fourth-order valence-corrected chi connectivity index (χ4v) is 1.91. The zero-order valence-electron chi connectivity index (χ0n) is 7.44. The first-order chi connectivity index (χ1) is 6.92. The zero-order valence-corrected chi connectivity index (χ0v) is 10.6. The smallest absolute Gasteiger partial charge is 0.406 e. The van der Waals surface area contributed by atoms with Crippen molar-refractivity contribution in [3.63, 3.8) is 0 Å². The van der Waals surface area contributed by atoms with E-state index in [-0.39, 0.29) is 5.75 Å². The van der Waals surface area contributed by atoms with Gasteiger partial charge in [0.1, 0.15) is 5.75 Å². The molecular formula is C9H7Br2F3O. The summed E-state index contributed by atoms with van der Waals surface area (Å²) in [6, 6.07) is 4.19. The van der Waals surface area contributed by atoms with Gasteiger partial charge in [0.05, 0.1) is 0 Å². The van der Waals surface area contributed by atoms with Crippen molar-refractivity contribution < 1.29 is 17.9 Å². The third-order valence-corrected chi connectivity index (χ3v) is 2.78. The highest BCUT2D eigenvalue weighted by Crippen LogP contribution is 2.27. The number of hydrogen-bond donors (Lipinski definition) is 0. The van der Waals surface area contributed by atoms with Gasteiger partial charge in [-0.3, -0.25) is 0 Å². The van der Waals surface area contributed by atoms with Gasteiger partial charge in [-0.15, -0.1) is 13.2 Å². The Balaban J connectivity index is 2.87. The lowest BCUT2D eigenvalue weighted by atomic mass is 10.2. The van der Waals surface area contributed by atoms with Gasteiger partial charge in [-0.1, -0.05) is 31.9 Å². The van der Waals surface area contributed by atoms with Gasteiger partial charge in [-0.25, -0.2) is 0 Å². The van der Waals surface area contributed by atoms with E-state index in [2.05, 4.69) is 36.6 Å². The van der Waals surface area contributed by atoms with E-state index in [1.54, 1.807) is 6.07 Å².